The van der Waals surface area contributed by atoms with Gasteiger partial charge in [0.25, 0.3) is 5.91 Å². The number of anilines is 2. The zero-order valence-corrected chi connectivity index (χ0v) is 13.0. The lowest BCUT2D eigenvalue weighted by Gasteiger charge is -2.05. The first-order chi connectivity index (χ1) is 10.2. The van der Waals surface area contributed by atoms with Crippen LogP contribution in [0.4, 0.5) is 10.8 Å². The molecule has 0 bridgehead atoms. The van der Waals surface area contributed by atoms with E-state index >= 15 is 0 Å². The summed E-state index contributed by atoms with van der Waals surface area (Å²) in [4.78, 5) is 16.1. The Bertz CT molecular complexity index is 581. The Labute approximate surface area is 128 Å². The van der Waals surface area contributed by atoms with Gasteiger partial charge in [-0.25, -0.2) is 4.98 Å². The first kappa shape index (κ1) is 15.3. The lowest BCUT2D eigenvalue weighted by atomic mass is 10.3. The molecule has 5 nitrogen and oxygen atoms in total. The van der Waals surface area contributed by atoms with Crippen LogP contribution in [-0.4, -0.2) is 24.0 Å². The van der Waals surface area contributed by atoms with Gasteiger partial charge in [-0.3, -0.25) is 4.79 Å². The van der Waals surface area contributed by atoms with Gasteiger partial charge in [-0.15, -0.1) is 11.3 Å². The average molecular weight is 305 g/mol. The van der Waals surface area contributed by atoms with Crippen molar-refractivity contribution in [3.63, 3.8) is 0 Å². The van der Waals surface area contributed by atoms with Crippen molar-refractivity contribution < 1.29 is 9.53 Å². The lowest BCUT2D eigenvalue weighted by molar-refractivity contribution is 0.0949. The van der Waals surface area contributed by atoms with Crippen LogP contribution in [0, 0.1) is 0 Å². The van der Waals surface area contributed by atoms with Crippen molar-refractivity contribution in [3.05, 3.63) is 35.3 Å². The number of carbonyl (C=O) groups excluding carboxylic acids is 1. The fourth-order valence-corrected chi connectivity index (χ4v) is 2.40. The van der Waals surface area contributed by atoms with Crippen molar-refractivity contribution in [2.45, 2.75) is 20.3 Å². The molecule has 0 unspecified atom stereocenters. The summed E-state index contributed by atoms with van der Waals surface area (Å²) in [5, 5.41) is 8.43. The van der Waals surface area contributed by atoms with E-state index in [4.69, 9.17) is 4.74 Å². The Morgan fingerprint density at radius 1 is 1.29 bits per heavy atom. The Kier molecular flexibility index (Phi) is 5.57. The van der Waals surface area contributed by atoms with Gasteiger partial charge in [0, 0.05) is 17.6 Å². The Morgan fingerprint density at radius 3 is 2.71 bits per heavy atom. The summed E-state index contributed by atoms with van der Waals surface area (Å²) in [6, 6.07) is 7.63. The number of aromatic nitrogens is 1. The topological polar surface area (TPSA) is 63.2 Å². The van der Waals surface area contributed by atoms with Gasteiger partial charge in [-0.2, -0.15) is 0 Å². The number of nitrogens with one attached hydrogen (secondary N) is 2. The molecule has 0 spiro atoms. The molecule has 2 rings (SSSR count). The number of thiazole rings is 1. The Morgan fingerprint density at radius 2 is 2.05 bits per heavy atom. The van der Waals surface area contributed by atoms with E-state index in [2.05, 4.69) is 15.6 Å². The maximum absolute atomic E-state index is 11.8. The number of hydrogen-bond donors (Lipinski definition) is 2. The summed E-state index contributed by atoms with van der Waals surface area (Å²) in [5.74, 6) is 0.703. The molecule has 0 fully saturated rings. The van der Waals surface area contributed by atoms with Crippen LogP contribution in [0.2, 0.25) is 0 Å². The molecule has 0 atom stereocenters. The fraction of sp³-hybridized carbons (Fsp3) is 0.333. The monoisotopic (exact) mass is 305 g/mol. The third-order valence-electron chi connectivity index (χ3n) is 2.69. The van der Waals surface area contributed by atoms with E-state index < -0.39 is 0 Å². The Hall–Kier alpha value is -2.08. The smallest absolute Gasteiger partial charge is 0.270 e. The van der Waals surface area contributed by atoms with Gasteiger partial charge < -0.3 is 15.4 Å². The van der Waals surface area contributed by atoms with E-state index in [0.29, 0.717) is 24.0 Å². The van der Waals surface area contributed by atoms with E-state index in [9.17, 15) is 4.79 Å². The molecular formula is C15H19N3O2S. The van der Waals surface area contributed by atoms with Crippen LogP contribution in [0.15, 0.2) is 29.6 Å². The highest BCUT2D eigenvalue weighted by atomic mass is 32.1. The largest absolute Gasteiger partial charge is 0.494 e. The van der Waals surface area contributed by atoms with Gasteiger partial charge in [0.05, 0.1) is 6.61 Å². The molecule has 1 aromatic carbocycles. The maximum Gasteiger partial charge on any atom is 0.270 e. The van der Waals surface area contributed by atoms with Crippen molar-refractivity contribution in [1.29, 1.82) is 0 Å². The molecule has 2 N–H and O–H groups in total. The van der Waals surface area contributed by atoms with E-state index in [1.54, 1.807) is 5.38 Å². The minimum Gasteiger partial charge on any atom is -0.494 e. The number of amides is 1. The van der Waals surface area contributed by atoms with Gasteiger partial charge in [0.15, 0.2) is 5.13 Å². The molecule has 6 heteroatoms. The normalized spacial score (nSPS) is 10.2. The molecule has 0 aliphatic rings. The molecule has 1 heterocycles. The van der Waals surface area contributed by atoms with E-state index in [1.165, 1.54) is 11.3 Å². The molecule has 0 radical (unpaired) electrons. The summed E-state index contributed by atoms with van der Waals surface area (Å²) >= 11 is 1.41. The van der Waals surface area contributed by atoms with Gasteiger partial charge in [-0.05, 0) is 37.6 Å². The van der Waals surface area contributed by atoms with Crippen molar-refractivity contribution in [1.82, 2.24) is 10.3 Å². The van der Waals surface area contributed by atoms with E-state index in [0.717, 1.165) is 17.9 Å². The number of rotatable bonds is 7. The molecule has 0 saturated carbocycles. The summed E-state index contributed by atoms with van der Waals surface area (Å²) < 4.78 is 5.39. The van der Waals surface area contributed by atoms with Crippen LogP contribution in [0.3, 0.4) is 0 Å². The van der Waals surface area contributed by atoms with Crippen LogP contribution >= 0.6 is 11.3 Å². The summed E-state index contributed by atoms with van der Waals surface area (Å²) in [5.41, 5.74) is 1.36. The summed E-state index contributed by atoms with van der Waals surface area (Å²) in [7, 11) is 0. The number of nitrogens with zero attached hydrogens (tertiary/aromatic N) is 1. The second-order valence-corrected chi connectivity index (χ2v) is 5.23. The van der Waals surface area contributed by atoms with Gasteiger partial charge in [0.2, 0.25) is 0 Å². The van der Waals surface area contributed by atoms with Crippen molar-refractivity contribution >= 4 is 28.1 Å². The summed E-state index contributed by atoms with van der Waals surface area (Å²) in [6.45, 7) is 5.28. The molecule has 2 aromatic rings. The Balaban J connectivity index is 1.97. The number of carbonyl (C=O) groups is 1. The number of ether oxygens (including phenoxy) is 1. The molecule has 1 amide bonds. The second-order valence-electron chi connectivity index (χ2n) is 4.38. The maximum atomic E-state index is 11.8. The van der Waals surface area contributed by atoms with Crippen LogP contribution in [0.1, 0.15) is 30.8 Å². The lowest BCUT2D eigenvalue weighted by Crippen LogP contribution is -2.24. The molecule has 1 aromatic heterocycles. The zero-order valence-electron chi connectivity index (χ0n) is 12.2. The second kappa shape index (κ2) is 7.64. The quantitative estimate of drug-likeness (QED) is 0.822. The zero-order chi connectivity index (χ0) is 15.1. The average Bonchev–Trinajstić information content (AvgIpc) is 2.96. The molecule has 0 aliphatic heterocycles. The van der Waals surface area contributed by atoms with E-state index in [-0.39, 0.29) is 5.91 Å². The molecule has 112 valence electrons. The third-order valence-corrected chi connectivity index (χ3v) is 3.45. The number of hydrogen-bond acceptors (Lipinski definition) is 5. The number of benzene rings is 1. The predicted octanol–water partition coefficient (Wildman–Crippen LogP) is 3.43. The minimum atomic E-state index is -0.132. The molecule has 21 heavy (non-hydrogen) atoms. The SMILES string of the molecule is CCCNC(=O)c1csc(Nc2ccc(OCC)cc2)n1. The van der Waals surface area contributed by atoms with Gasteiger partial charge >= 0.3 is 0 Å². The highest BCUT2D eigenvalue weighted by molar-refractivity contribution is 7.14. The third kappa shape index (κ3) is 4.46. The fourth-order valence-electron chi connectivity index (χ4n) is 1.69. The predicted molar refractivity (Wildman–Crippen MR) is 85.6 cm³/mol. The highest BCUT2D eigenvalue weighted by Gasteiger charge is 2.09. The standard InChI is InChI=1S/C15H19N3O2S/c1-3-9-16-14(19)13-10-21-15(18-13)17-11-5-7-12(8-6-11)20-4-2/h5-8,10H,3-4,9H2,1-2H3,(H,16,19)(H,17,18). The van der Waals surface area contributed by atoms with Crippen molar-refractivity contribution in [2.75, 3.05) is 18.5 Å². The first-order valence-electron chi connectivity index (χ1n) is 6.96. The van der Waals surface area contributed by atoms with Crippen LogP contribution in [-0.2, 0) is 0 Å². The first-order valence-corrected chi connectivity index (χ1v) is 7.84. The summed E-state index contributed by atoms with van der Waals surface area (Å²) in [6.07, 6.45) is 0.910. The van der Waals surface area contributed by atoms with Crippen LogP contribution in [0.5, 0.6) is 5.75 Å². The molecule has 0 aliphatic carbocycles. The minimum absolute atomic E-state index is 0.132. The van der Waals surface area contributed by atoms with Crippen molar-refractivity contribution in [2.24, 2.45) is 0 Å². The highest BCUT2D eigenvalue weighted by Crippen LogP contribution is 2.22. The molecular weight excluding hydrogens is 286 g/mol. The van der Waals surface area contributed by atoms with E-state index in [1.807, 2.05) is 38.1 Å². The molecule has 0 saturated heterocycles. The van der Waals surface area contributed by atoms with Gasteiger partial charge in [-0.1, -0.05) is 6.92 Å². The van der Waals surface area contributed by atoms with Crippen LogP contribution in [0.25, 0.3) is 0 Å². The van der Waals surface area contributed by atoms with Crippen LogP contribution < -0.4 is 15.4 Å². The van der Waals surface area contributed by atoms with Gasteiger partial charge in [0.1, 0.15) is 11.4 Å². The van der Waals surface area contributed by atoms with Crippen molar-refractivity contribution in [3.8, 4) is 5.75 Å².